The molecule has 2 atom stereocenters. The minimum atomic E-state index is 0.0202. The van der Waals surface area contributed by atoms with Gasteiger partial charge in [0, 0.05) is 44.1 Å². The molecule has 2 fully saturated rings. The molecule has 1 aromatic heterocycles. The van der Waals surface area contributed by atoms with Crippen molar-refractivity contribution in [3.63, 3.8) is 0 Å². The van der Waals surface area contributed by atoms with Gasteiger partial charge in [-0.2, -0.15) is 0 Å². The van der Waals surface area contributed by atoms with E-state index in [4.69, 9.17) is 0 Å². The van der Waals surface area contributed by atoms with Crippen LogP contribution in [0.5, 0.6) is 0 Å². The highest BCUT2D eigenvalue weighted by atomic mass is 16.1. The Morgan fingerprint density at radius 2 is 2.10 bits per heavy atom. The van der Waals surface area contributed by atoms with Crippen LogP contribution < -0.4 is 15.8 Å². The van der Waals surface area contributed by atoms with E-state index in [1.165, 1.54) is 12.8 Å². The molecule has 0 saturated carbocycles. The molecule has 2 saturated heterocycles. The zero-order chi connectivity index (χ0) is 14.1. The molecule has 0 aliphatic carbocycles. The van der Waals surface area contributed by atoms with E-state index in [0.29, 0.717) is 23.9 Å². The quantitative estimate of drug-likeness (QED) is 0.900. The summed E-state index contributed by atoms with van der Waals surface area (Å²) in [5, 5.41) is 3.66. The lowest BCUT2D eigenvalue weighted by atomic mass is 9.98. The topological polar surface area (TPSA) is 50.2 Å². The fourth-order valence-electron chi connectivity index (χ4n) is 3.67. The second-order valence-corrected chi connectivity index (χ2v) is 6.12. The summed E-state index contributed by atoms with van der Waals surface area (Å²) >= 11 is 0. The number of nitrogens with one attached hydrogen (secondary N) is 1. The minimum absolute atomic E-state index is 0.0202. The monoisotopic (exact) mass is 276 g/mol. The van der Waals surface area contributed by atoms with Crippen molar-refractivity contribution in [2.75, 3.05) is 11.4 Å². The Morgan fingerprint density at radius 3 is 2.75 bits per heavy atom. The average molecular weight is 276 g/mol. The first-order valence-electron chi connectivity index (χ1n) is 7.73. The van der Waals surface area contributed by atoms with Gasteiger partial charge in [-0.15, -0.1) is 0 Å². The van der Waals surface area contributed by atoms with E-state index in [9.17, 15) is 4.79 Å². The summed E-state index contributed by atoms with van der Waals surface area (Å²) in [5.41, 5.74) is 0.0202. The summed E-state index contributed by atoms with van der Waals surface area (Å²) in [6.45, 7) is 3.08. The normalized spacial score (nSPS) is 28.6. The molecule has 0 aromatic carbocycles. The Kier molecular flexibility index (Phi) is 3.78. The molecule has 1 aromatic rings. The van der Waals surface area contributed by atoms with Crippen LogP contribution in [0.15, 0.2) is 17.2 Å². The Bertz CT molecular complexity index is 515. The maximum absolute atomic E-state index is 12.3. The molecule has 2 aliphatic heterocycles. The molecule has 2 bridgehead atoms. The number of nitrogens with zero attached hydrogens (tertiary/aromatic N) is 3. The zero-order valence-corrected chi connectivity index (χ0v) is 12.4. The third-order valence-corrected chi connectivity index (χ3v) is 4.62. The van der Waals surface area contributed by atoms with Crippen molar-refractivity contribution >= 4 is 5.82 Å². The Balaban J connectivity index is 1.89. The molecule has 3 rings (SSSR count). The van der Waals surface area contributed by atoms with E-state index < -0.39 is 0 Å². The lowest BCUT2D eigenvalue weighted by molar-refractivity contribution is 0.345. The SMILES string of the molecule is CCCN(c1nccn(C)c1=O)C1CC2CCC(C1)N2. The van der Waals surface area contributed by atoms with Crippen molar-refractivity contribution in [2.24, 2.45) is 7.05 Å². The maximum Gasteiger partial charge on any atom is 0.293 e. The minimum Gasteiger partial charge on any atom is -0.349 e. The second-order valence-electron chi connectivity index (χ2n) is 6.12. The van der Waals surface area contributed by atoms with Gasteiger partial charge in [0.2, 0.25) is 0 Å². The van der Waals surface area contributed by atoms with Gasteiger partial charge in [-0.3, -0.25) is 4.79 Å². The summed E-state index contributed by atoms with van der Waals surface area (Å²) in [4.78, 5) is 19.0. The van der Waals surface area contributed by atoms with Crippen molar-refractivity contribution < 1.29 is 0 Å². The molecule has 1 N–H and O–H groups in total. The smallest absolute Gasteiger partial charge is 0.293 e. The number of anilines is 1. The van der Waals surface area contributed by atoms with Gasteiger partial charge in [0.1, 0.15) is 0 Å². The van der Waals surface area contributed by atoms with Gasteiger partial charge in [-0.25, -0.2) is 4.98 Å². The number of aryl methyl sites for hydroxylation is 1. The van der Waals surface area contributed by atoms with Gasteiger partial charge in [-0.05, 0) is 32.1 Å². The van der Waals surface area contributed by atoms with Crippen LogP contribution in [0.1, 0.15) is 39.0 Å². The van der Waals surface area contributed by atoms with Crippen molar-refractivity contribution in [2.45, 2.75) is 57.2 Å². The van der Waals surface area contributed by atoms with Gasteiger partial charge in [-0.1, -0.05) is 6.92 Å². The zero-order valence-electron chi connectivity index (χ0n) is 12.4. The van der Waals surface area contributed by atoms with E-state index in [1.54, 1.807) is 24.0 Å². The van der Waals surface area contributed by atoms with Crippen LogP contribution in [0.25, 0.3) is 0 Å². The molecule has 2 unspecified atom stereocenters. The lowest BCUT2D eigenvalue weighted by Gasteiger charge is -2.38. The highest BCUT2D eigenvalue weighted by molar-refractivity contribution is 5.37. The Morgan fingerprint density at radius 1 is 1.40 bits per heavy atom. The van der Waals surface area contributed by atoms with Crippen LogP contribution in [0.3, 0.4) is 0 Å². The van der Waals surface area contributed by atoms with Crippen LogP contribution in [0.2, 0.25) is 0 Å². The van der Waals surface area contributed by atoms with E-state index in [1.807, 2.05) is 0 Å². The van der Waals surface area contributed by atoms with E-state index in [0.717, 1.165) is 25.8 Å². The Hall–Kier alpha value is -1.36. The lowest BCUT2D eigenvalue weighted by Crippen LogP contribution is -2.50. The van der Waals surface area contributed by atoms with Crippen LogP contribution in [-0.2, 0) is 7.05 Å². The van der Waals surface area contributed by atoms with Crippen molar-refractivity contribution in [1.82, 2.24) is 14.9 Å². The maximum atomic E-state index is 12.3. The van der Waals surface area contributed by atoms with E-state index >= 15 is 0 Å². The van der Waals surface area contributed by atoms with Gasteiger partial charge >= 0.3 is 0 Å². The predicted octanol–water partition coefficient (Wildman–Crippen LogP) is 1.28. The molecular weight excluding hydrogens is 252 g/mol. The summed E-state index contributed by atoms with van der Waals surface area (Å²) in [5.74, 6) is 0.628. The fraction of sp³-hybridized carbons (Fsp3) is 0.733. The third-order valence-electron chi connectivity index (χ3n) is 4.62. The molecule has 110 valence electrons. The number of rotatable bonds is 4. The molecule has 5 nitrogen and oxygen atoms in total. The molecular formula is C15H24N4O. The predicted molar refractivity (Wildman–Crippen MR) is 80.1 cm³/mol. The number of aromatic nitrogens is 2. The van der Waals surface area contributed by atoms with Crippen LogP contribution >= 0.6 is 0 Å². The van der Waals surface area contributed by atoms with Gasteiger partial charge in [0.15, 0.2) is 5.82 Å². The number of fused-ring (bicyclic) bond motifs is 2. The molecule has 2 aliphatic rings. The molecule has 0 amide bonds. The van der Waals surface area contributed by atoms with Crippen molar-refractivity contribution in [3.8, 4) is 0 Å². The number of hydrogen-bond acceptors (Lipinski definition) is 4. The van der Waals surface area contributed by atoms with Gasteiger partial charge < -0.3 is 14.8 Å². The summed E-state index contributed by atoms with van der Waals surface area (Å²) in [6.07, 6.45) is 9.32. The number of piperidine rings is 1. The van der Waals surface area contributed by atoms with Crippen LogP contribution in [0.4, 0.5) is 5.82 Å². The first-order valence-corrected chi connectivity index (χ1v) is 7.73. The summed E-state index contributed by atoms with van der Waals surface area (Å²) < 4.78 is 1.63. The van der Waals surface area contributed by atoms with Crippen molar-refractivity contribution in [3.05, 3.63) is 22.7 Å². The summed E-state index contributed by atoms with van der Waals surface area (Å²) in [6, 6.07) is 1.72. The molecule has 20 heavy (non-hydrogen) atoms. The van der Waals surface area contributed by atoms with Gasteiger partial charge in [0.05, 0.1) is 0 Å². The van der Waals surface area contributed by atoms with Gasteiger partial charge in [0.25, 0.3) is 5.56 Å². The highest BCUT2D eigenvalue weighted by Crippen LogP contribution is 2.30. The molecule has 5 heteroatoms. The number of hydrogen-bond donors (Lipinski definition) is 1. The molecule has 0 spiro atoms. The van der Waals surface area contributed by atoms with Crippen LogP contribution in [-0.4, -0.2) is 34.2 Å². The fourth-order valence-corrected chi connectivity index (χ4v) is 3.67. The summed E-state index contributed by atoms with van der Waals surface area (Å²) in [7, 11) is 1.80. The van der Waals surface area contributed by atoms with E-state index in [-0.39, 0.29) is 5.56 Å². The largest absolute Gasteiger partial charge is 0.349 e. The first kappa shape index (κ1) is 13.6. The first-order chi connectivity index (χ1) is 9.69. The second kappa shape index (κ2) is 5.56. The van der Waals surface area contributed by atoms with Crippen molar-refractivity contribution in [1.29, 1.82) is 0 Å². The van der Waals surface area contributed by atoms with E-state index in [2.05, 4.69) is 22.1 Å². The average Bonchev–Trinajstić information content (AvgIpc) is 2.78. The third kappa shape index (κ3) is 2.46. The van der Waals surface area contributed by atoms with Crippen LogP contribution in [0, 0.1) is 0 Å². The standard InChI is InChI=1S/C15H24N4O/c1-3-7-19(14-15(20)18(2)8-6-16-14)13-9-11-4-5-12(10-13)17-11/h6,8,11-13,17H,3-5,7,9-10H2,1-2H3. The molecule has 3 heterocycles. The molecule has 0 radical (unpaired) electrons. The Labute approximate surface area is 120 Å². The highest BCUT2D eigenvalue weighted by Gasteiger charge is 2.36.